The van der Waals surface area contributed by atoms with Gasteiger partial charge >= 0.3 is 6.18 Å². The van der Waals surface area contributed by atoms with Gasteiger partial charge in [0.25, 0.3) is 0 Å². The Morgan fingerprint density at radius 2 is 1.83 bits per heavy atom. The van der Waals surface area contributed by atoms with Crippen molar-refractivity contribution < 1.29 is 34.7 Å². The van der Waals surface area contributed by atoms with E-state index in [2.05, 4.69) is 4.98 Å². The van der Waals surface area contributed by atoms with E-state index in [9.17, 15) is 30.0 Å². The molecule has 164 valence electrons. The zero-order valence-corrected chi connectivity index (χ0v) is 17.8. The number of hydrogen-bond donors (Lipinski definition) is 0. The molecule has 3 rings (SSSR count). The first kappa shape index (κ1) is 22.7. The van der Waals surface area contributed by atoms with Gasteiger partial charge in [-0.25, -0.2) is 21.8 Å². The number of alkyl halides is 3. The highest BCUT2D eigenvalue weighted by atomic mass is 32.2. The SMILES string of the molecule is CC1CCOC(c2ccc(S(C)(=O)=O)nc2)(S(=O)(=O)c2cccc(C(F)(F)F)c2)C1. The second-order valence-electron chi connectivity index (χ2n) is 7.39. The molecule has 2 atom stereocenters. The molecule has 1 aromatic carbocycles. The normalized spacial score (nSPS) is 23.3. The van der Waals surface area contributed by atoms with Crippen molar-refractivity contribution in [2.45, 2.75) is 40.8 Å². The molecule has 0 amide bonds. The van der Waals surface area contributed by atoms with Gasteiger partial charge in [-0.3, -0.25) is 0 Å². The Labute approximate surface area is 172 Å². The Morgan fingerprint density at radius 3 is 2.37 bits per heavy atom. The van der Waals surface area contributed by atoms with Gasteiger partial charge in [-0.1, -0.05) is 19.1 Å². The van der Waals surface area contributed by atoms with Gasteiger partial charge in [0.05, 0.1) is 10.5 Å². The number of benzene rings is 1. The van der Waals surface area contributed by atoms with E-state index in [0.29, 0.717) is 12.5 Å². The molecule has 30 heavy (non-hydrogen) atoms. The van der Waals surface area contributed by atoms with E-state index in [0.717, 1.165) is 36.7 Å². The maximum absolute atomic E-state index is 13.6. The van der Waals surface area contributed by atoms with Crippen LogP contribution in [0.4, 0.5) is 13.2 Å². The zero-order chi connectivity index (χ0) is 22.4. The average Bonchev–Trinajstić information content (AvgIpc) is 2.66. The lowest BCUT2D eigenvalue weighted by molar-refractivity contribution is -0.137. The lowest BCUT2D eigenvalue weighted by Crippen LogP contribution is -2.44. The van der Waals surface area contributed by atoms with Crippen LogP contribution in [0, 0.1) is 5.92 Å². The van der Waals surface area contributed by atoms with Crippen molar-refractivity contribution >= 4 is 19.7 Å². The summed E-state index contributed by atoms with van der Waals surface area (Å²) in [7, 11) is -8.07. The fourth-order valence-corrected chi connectivity index (χ4v) is 6.10. The highest BCUT2D eigenvalue weighted by molar-refractivity contribution is 7.92. The minimum absolute atomic E-state index is 0.00845. The Kier molecular flexibility index (Phi) is 5.76. The minimum atomic E-state index is -4.71. The van der Waals surface area contributed by atoms with Crippen molar-refractivity contribution in [3.05, 3.63) is 53.7 Å². The van der Waals surface area contributed by atoms with Crippen LogP contribution in [0.1, 0.15) is 30.9 Å². The van der Waals surface area contributed by atoms with Gasteiger partial charge in [-0.2, -0.15) is 13.2 Å². The summed E-state index contributed by atoms with van der Waals surface area (Å²) in [6.45, 7) is 1.89. The molecule has 2 aromatic rings. The van der Waals surface area contributed by atoms with Gasteiger partial charge in [0, 0.05) is 24.6 Å². The van der Waals surface area contributed by atoms with Gasteiger partial charge in [0.1, 0.15) is 0 Å². The van der Waals surface area contributed by atoms with Crippen LogP contribution in [-0.4, -0.2) is 34.7 Å². The molecule has 1 aromatic heterocycles. The fourth-order valence-electron chi connectivity index (χ4n) is 3.44. The number of aromatic nitrogens is 1. The molecule has 6 nitrogen and oxygen atoms in total. The van der Waals surface area contributed by atoms with E-state index in [1.54, 1.807) is 0 Å². The third-order valence-corrected chi connectivity index (χ3v) is 8.29. The second-order valence-corrected chi connectivity index (χ2v) is 11.5. The highest BCUT2D eigenvalue weighted by Crippen LogP contribution is 2.46. The maximum atomic E-state index is 13.6. The van der Waals surface area contributed by atoms with Crippen molar-refractivity contribution in [2.75, 3.05) is 12.9 Å². The van der Waals surface area contributed by atoms with Gasteiger partial charge in [0.15, 0.2) is 19.8 Å². The number of ether oxygens (including phenoxy) is 1. The molecular formula is C19H20F3NO5S2. The summed E-state index contributed by atoms with van der Waals surface area (Å²) in [5.74, 6) is -0.103. The van der Waals surface area contributed by atoms with Crippen molar-refractivity contribution in [3.63, 3.8) is 0 Å². The minimum Gasteiger partial charge on any atom is -0.354 e. The van der Waals surface area contributed by atoms with Gasteiger partial charge < -0.3 is 4.74 Å². The number of sulfone groups is 2. The van der Waals surface area contributed by atoms with Crippen LogP contribution in [-0.2, 0) is 35.5 Å². The predicted octanol–water partition coefficient (Wildman–Crippen LogP) is 3.58. The number of halogens is 3. The quantitative estimate of drug-likeness (QED) is 0.689. The van der Waals surface area contributed by atoms with E-state index in [-0.39, 0.29) is 29.5 Å². The molecule has 0 radical (unpaired) electrons. The topological polar surface area (TPSA) is 90.4 Å². The lowest BCUT2D eigenvalue weighted by atomic mass is 9.93. The lowest BCUT2D eigenvalue weighted by Gasteiger charge is -2.39. The molecule has 11 heteroatoms. The second kappa shape index (κ2) is 7.61. The molecule has 0 spiro atoms. The zero-order valence-electron chi connectivity index (χ0n) is 16.2. The first-order valence-corrected chi connectivity index (χ1v) is 12.4. The van der Waals surface area contributed by atoms with Crippen LogP contribution in [0.5, 0.6) is 0 Å². The first-order chi connectivity index (χ1) is 13.8. The van der Waals surface area contributed by atoms with Crippen LogP contribution in [0.15, 0.2) is 52.5 Å². The van der Waals surface area contributed by atoms with E-state index in [1.165, 1.54) is 6.07 Å². The van der Waals surface area contributed by atoms with Crippen molar-refractivity contribution in [2.24, 2.45) is 5.92 Å². The smallest absolute Gasteiger partial charge is 0.354 e. The van der Waals surface area contributed by atoms with Crippen LogP contribution < -0.4 is 0 Å². The highest BCUT2D eigenvalue weighted by Gasteiger charge is 2.51. The molecular weight excluding hydrogens is 443 g/mol. The third-order valence-electron chi connectivity index (χ3n) is 5.02. The van der Waals surface area contributed by atoms with E-state index in [1.807, 2.05) is 6.92 Å². The van der Waals surface area contributed by atoms with Crippen LogP contribution in [0.3, 0.4) is 0 Å². The molecule has 0 N–H and O–H groups in total. The Bertz CT molecular complexity index is 1150. The molecule has 1 aliphatic rings. The molecule has 2 unspecified atom stereocenters. The van der Waals surface area contributed by atoms with Crippen LogP contribution in [0.2, 0.25) is 0 Å². The summed E-state index contributed by atoms with van der Waals surface area (Å²) in [5.41, 5.74) is -1.02. The number of nitrogens with zero attached hydrogens (tertiary/aromatic N) is 1. The maximum Gasteiger partial charge on any atom is 0.416 e. The van der Waals surface area contributed by atoms with Crippen molar-refractivity contribution in [1.82, 2.24) is 4.98 Å². The first-order valence-electron chi connectivity index (χ1n) is 9.00. The molecule has 0 saturated carbocycles. The standard InChI is InChI=1S/C19H20F3NO5S2/c1-13-8-9-28-18(11-13,15-6-7-17(23-12-15)29(2,24)25)30(26,27)16-5-3-4-14(10-16)19(20,21)22/h3-7,10,12-13H,8-9,11H2,1-2H3. The Hall–Kier alpha value is -1.98. The number of hydrogen-bond acceptors (Lipinski definition) is 6. The van der Waals surface area contributed by atoms with Crippen molar-refractivity contribution in [3.8, 4) is 0 Å². The summed E-state index contributed by atoms with van der Waals surface area (Å²) in [5, 5.41) is -0.248. The summed E-state index contributed by atoms with van der Waals surface area (Å²) < 4.78 is 95.7. The molecule has 1 fully saturated rings. The Balaban J connectivity index is 2.19. The fraction of sp³-hybridized carbons (Fsp3) is 0.421. The largest absolute Gasteiger partial charge is 0.416 e. The average molecular weight is 463 g/mol. The van der Waals surface area contributed by atoms with E-state index in [4.69, 9.17) is 4.74 Å². The van der Waals surface area contributed by atoms with Gasteiger partial charge in [-0.05, 0) is 43.0 Å². The molecule has 0 aliphatic carbocycles. The van der Waals surface area contributed by atoms with E-state index < -0.39 is 41.2 Å². The predicted molar refractivity (Wildman–Crippen MR) is 102 cm³/mol. The van der Waals surface area contributed by atoms with Crippen LogP contribution >= 0.6 is 0 Å². The van der Waals surface area contributed by atoms with Crippen molar-refractivity contribution in [1.29, 1.82) is 0 Å². The summed E-state index contributed by atoms with van der Waals surface area (Å²) >= 11 is 0. The molecule has 0 bridgehead atoms. The van der Waals surface area contributed by atoms with E-state index >= 15 is 0 Å². The monoisotopic (exact) mass is 463 g/mol. The third kappa shape index (κ3) is 4.10. The molecule has 1 aliphatic heterocycles. The summed E-state index contributed by atoms with van der Waals surface area (Å²) in [4.78, 5) is 1.34. The Morgan fingerprint density at radius 1 is 1.13 bits per heavy atom. The molecule has 1 saturated heterocycles. The molecule has 2 heterocycles. The van der Waals surface area contributed by atoms with Gasteiger partial charge in [0.2, 0.25) is 9.84 Å². The van der Waals surface area contributed by atoms with Crippen LogP contribution in [0.25, 0.3) is 0 Å². The summed E-state index contributed by atoms with van der Waals surface area (Å²) in [6.07, 6.45) is -2.08. The number of rotatable bonds is 4. The van der Waals surface area contributed by atoms with Gasteiger partial charge in [-0.15, -0.1) is 0 Å². The number of pyridine rings is 1. The summed E-state index contributed by atoms with van der Waals surface area (Å²) in [6, 6.07) is 5.94.